The number of rotatable bonds is 4. The molecule has 2 rings (SSSR count). The third kappa shape index (κ3) is 2.91. The first-order valence-corrected chi connectivity index (χ1v) is 5.73. The van der Waals surface area contributed by atoms with E-state index >= 15 is 0 Å². The van der Waals surface area contributed by atoms with Gasteiger partial charge < -0.3 is 9.73 Å². The molecule has 1 N–H and O–H groups in total. The van der Waals surface area contributed by atoms with Gasteiger partial charge >= 0.3 is 0 Å². The van der Waals surface area contributed by atoms with E-state index < -0.39 is 0 Å². The van der Waals surface area contributed by atoms with Gasteiger partial charge in [0.15, 0.2) is 0 Å². The maximum absolute atomic E-state index is 5.47. The minimum Gasteiger partial charge on any atom is -0.444 e. The highest BCUT2D eigenvalue weighted by Gasteiger charge is 2.11. The Labute approximate surface area is 101 Å². The van der Waals surface area contributed by atoms with Crippen LogP contribution in [0.3, 0.4) is 0 Å². The van der Waals surface area contributed by atoms with Crippen LogP contribution in [0.5, 0.6) is 0 Å². The monoisotopic (exact) mass is 231 g/mol. The highest BCUT2D eigenvalue weighted by atomic mass is 16.4. The van der Waals surface area contributed by atoms with E-state index in [9.17, 15) is 0 Å². The maximum atomic E-state index is 5.47. The van der Waals surface area contributed by atoms with Crippen LogP contribution in [-0.2, 0) is 6.54 Å². The van der Waals surface area contributed by atoms with Crippen LogP contribution in [0.2, 0.25) is 0 Å². The van der Waals surface area contributed by atoms with E-state index in [1.54, 1.807) is 6.20 Å². The molecule has 0 amide bonds. The van der Waals surface area contributed by atoms with Crippen LogP contribution in [0.25, 0.3) is 0 Å². The number of nitrogens with one attached hydrogen (secondary N) is 1. The summed E-state index contributed by atoms with van der Waals surface area (Å²) in [5.74, 6) is 1.55. The molecular formula is C13H17N3O. The van der Waals surface area contributed by atoms with Gasteiger partial charge in [0.05, 0.1) is 17.9 Å². The molecule has 1 unspecified atom stereocenters. The predicted molar refractivity (Wildman–Crippen MR) is 65.5 cm³/mol. The summed E-state index contributed by atoms with van der Waals surface area (Å²) in [7, 11) is 0. The third-order valence-corrected chi connectivity index (χ3v) is 2.70. The Bertz CT molecular complexity index is 493. The minimum atomic E-state index is 0.0881. The van der Waals surface area contributed by atoms with Gasteiger partial charge in [0, 0.05) is 12.7 Å². The van der Waals surface area contributed by atoms with Crippen molar-refractivity contribution in [3.05, 3.63) is 47.4 Å². The first kappa shape index (κ1) is 11.8. The number of aromatic nitrogens is 2. The van der Waals surface area contributed by atoms with E-state index in [0.717, 1.165) is 23.9 Å². The first-order valence-electron chi connectivity index (χ1n) is 5.73. The van der Waals surface area contributed by atoms with E-state index in [-0.39, 0.29) is 6.04 Å². The van der Waals surface area contributed by atoms with Gasteiger partial charge in [-0.15, -0.1) is 0 Å². The Hall–Kier alpha value is -1.68. The van der Waals surface area contributed by atoms with E-state index in [0.29, 0.717) is 0 Å². The zero-order valence-corrected chi connectivity index (χ0v) is 10.4. The summed E-state index contributed by atoms with van der Waals surface area (Å²) in [5, 5.41) is 3.35. The molecule has 90 valence electrons. The molecule has 17 heavy (non-hydrogen) atoms. The molecule has 0 radical (unpaired) electrons. The van der Waals surface area contributed by atoms with Crippen molar-refractivity contribution in [1.82, 2.24) is 15.3 Å². The fourth-order valence-electron chi connectivity index (χ4n) is 1.61. The summed E-state index contributed by atoms with van der Waals surface area (Å²) in [5.41, 5.74) is 2.25. The number of aryl methyl sites for hydroxylation is 2. The van der Waals surface area contributed by atoms with Crippen LogP contribution in [-0.4, -0.2) is 9.97 Å². The molecule has 0 aliphatic carbocycles. The number of hydrogen-bond acceptors (Lipinski definition) is 4. The Kier molecular flexibility index (Phi) is 3.54. The summed E-state index contributed by atoms with van der Waals surface area (Å²) in [6, 6.07) is 4.09. The molecule has 4 nitrogen and oxygen atoms in total. The lowest BCUT2D eigenvalue weighted by Gasteiger charge is -2.11. The van der Waals surface area contributed by atoms with Crippen molar-refractivity contribution >= 4 is 0 Å². The highest BCUT2D eigenvalue weighted by molar-refractivity contribution is 5.17. The SMILES string of the molecule is Cc1cnc(C(C)NCc2ncccc2C)o1. The summed E-state index contributed by atoms with van der Waals surface area (Å²) < 4.78 is 5.47. The smallest absolute Gasteiger partial charge is 0.211 e. The zero-order valence-electron chi connectivity index (χ0n) is 10.4. The van der Waals surface area contributed by atoms with Crippen molar-refractivity contribution < 1.29 is 4.42 Å². The van der Waals surface area contributed by atoms with Gasteiger partial charge in [0.1, 0.15) is 5.76 Å². The third-order valence-electron chi connectivity index (χ3n) is 2.70. The van der Waals surface area contributed by atoms with Crippen molar-refractivity contribution in [3.63, 3.8) is 0 Å². The Balaban J connectivity index is 1.97. The topological polar surface area (TPSA) is 51.0 Å². The molecule has 0 bridgehead atoms. The molecule has 2 aromatic rings. The minimum absolute atomic E-state index is 0.0881. The highest BCUT2D eigenvalue weighted by Crippen LogP contribution is 2.13. The molecule has 2 heterocycles. The van der Waals surface area contributed by atoms with Gasteiger partial charge in [-0.25, -0.2) is 4.98 Å². The van der Waals surface area contributed by atoms with Gasteiger partial charge in [-0.1, -0.05) is 6.07 Å². The van der Waals surface area contributed by atoms with Crippen LogP contribution in [0.4, 0.5) is 0 Å². The van der Waals surface area contributed by atoms with Crippen LogP contribution in [0.15, 0.2) is 28.9 Å². The summed E-state index contributed by atoms with van der Waals surface area (Å²) in [6.45, 7) is 6.70. The average molecular weight is 231 g/mol. The van der Waals surface area contributed by atoms with Gasteiger partial charge in [-0.3, -0.25) is 4.98 Å². The van der Waals surface area contributed by atoms with Crippen molar-refractivity contribution in [1.29, 1.82) is 0 Å². The lowest BCUT2D eigenvalue weighted by atomic mass is 10.2. The van der Waals surface area contributed by atoms with Crippen molar-refractivity contribution in [2.45, 2.75) is 33.4 Å². The lowest BCUT2D eigenvalue weighted by molar-refractivity contribution is 0.401. The van der Waals surface area contributed by atoms with Crippen molar-refractivity contribution in [2.75, 3.05) is 0 Å². The summed E-state index contributed by atoms with van der Waals surface area (Å²) >= 11 is 0. The second-order valence-electron chi connectivity index (χ2n) is 4.18. The normalized spacial score (nSPS) is 12.6. The molecule has 2 aromatic heterocycles. The van der Waals surface area contributed by atoms with Crippen LogP contribution >= 0.6 is 0 Å². The number of pyridine rings is 1. The van der Waals surface area contributed by atoms with Crippen LogP contribution in [0, 0.1) is 13.8 Å². The van der Waals surface area contributed by atoms with E-state index in [2.05, 4.69) is 28.3 Å². The second kappa shape index (κ2) is 5.10. The van der Waals surface area contributed by atoms with E-state index in [4.69, 9.17) is 4.42 Å². The number of hydrogen-bond donors (Lipinski definition) is 1. The van der Waals surface area contributed by atoms with E-state index in [1.165, 1.54) is 5.56 Å². The first-order chi connectivity index (χ1) is 8.16. The standard InChI is InChI=1S/C13H17N3O/c1-9-5-4-6-14-12(9)8-15-11(3)13-16-7-10(2)17-13/h4-7,11,15H,8H2,1-3H3. The largest absolute Gasteiger partial charge is 0.444 e. The molecule has 0 aromatic carbocycles. The molecule has 4 heteroatoms. The Morgan fingerprint density at radius 1 is 1.35 bits per heavy atom. The molecule has 0 saturated heterocycles. The van der Waals surface area contributed by atoms with Gasteiger partial charge in [0.25, 0.3) is 0 Å². The van der Waals surface area contributed by atoms with Crippen LogP contribution in [0.1, 0.15) is 35.9 Å². The molecule has 0 saturated carbocycles. The predicted octanol–water partition coefficient (Wildman–Crippen LogP) is 2.54. The molecule has 0 aliphatic rings. The number of oxazole rings is 1. The maximum Gasteiger partial charge on any atom is 0.211 e. The van der Waals surface area contributed by atoms with Crippen molar-refractivity contribution in [3.8, 4) is 0 Å². The fraction of sp³-hybridized carbons (Fsp3) is 0.385. The fourth-order valence-corrected chi connectivity index (χ4v) is 1.61. The zero-order chi connectivity index (χ0) is 12.3. The molecular weight excluding hydrogens is 214 g/mol. The van der Waals surface area contributed by atoms with Gasteiger partial charge in [-0.05, 0) is 32.4 Å². The Morgan fingerprint density at radius 2 is 2.18 bits per heavy atom. The molecule has 0 aliphatic heterocycles. The van der Waals surface area contributed by atoms with Crippen molar-refractivity contribution in [2.24, 2.45) is 0 Å². The second-order valence-corrected chi connectivity index (χ2v) is 4.18. The quantitative estimate of drug-likeness (QED) is 0.878. The molecule has 0 spiro atoms. The Morgan fingerprint density at radius 3 is 2.82 bits per heavy atom. The van der Waals surface area contributed by atoms with Gasteiger partial charge in [0.2, 0.25) is 5.89 Å². The summed E-state index contributed by atoms with van der Waals surface area (Å²) in [4.78, 5) is 8.54. The average Bonchev–Trinajstić information content (AvgIpc) is 2.74. The molecule has 1 atom stereocenters. The number of nitrogens with zero attached hydrogens (tertiary/aromatic N) is 2. The van der Waals surface area contributed by atoms with E-state index in [1.807, 2.05) is 26.1 Å². The van der Waals surface area contributed by atoms with Gasteiger partial charge in [-0.2, -0.15) is 0 Å². The molecule has 0 fully saturated rings. The van der Waals surface area contributed by atoms with Crippen LogP contribution < -0.4 is 5.32 Å². The summed E-state index contributed by atoms with van der Waals surface area (Å²) in [6.07, 6.45) is 3.55. The lowest BCUT2D eigenvalue weighted by Crippen LogP contribution is -2.19.